The fourth-order valence-electron chi connectivity index (χ4n) is 2.72. The van der Waals surface area contributed by atoms with Crippen molar-refractivity contribution in [1.29, 1.82) is 0 Å². The maximum atomic E-state index is 12.5. The summed E-state index contributed by atoms with van der Waals surface area (Å²) in [5.74, 6) is 0.155. The first kappa shape index (κ1) is 13.6. The zero-order valence-corrected chi connectivity index (χ0v) is 12.5. The van der Waals surface area contributed by atoms with Gasteiger partial charge < -0.3 is 4.57 Å². The standard InChI is InChI=1S/C19H19NO/c1-3-15-8-10-16(11-9-15)19(21)13-20-14(2)12-17-6-4-5-7-18(17)20/h4-12H,3,13H2,1-2H3. The van der Waals surface area contributed by atoms with E-state index >= 15 is 0 Å². The van der Waals surface area contributed by atoms with Gasteiger partial charge in [-0.1, -0.05) is 49.4 Å². The Bertz CT molecular complexity index is 781. The Balaban J connectivity index is 1.90. The van der Waals surface area contributed by atoms with Crippen LogP contribution in [0.5, 0.6) is 0 Å². The molecule has 3 aromatic rings. The first-order chi connectivity index (χ1) is 10.2. The van der Waals surface area contributed by atoms with E-state index in [1.54, 1.807) is 0 Å². The number of nitrogens with zero attached hydrogens (tertiary/aromatic N) is 1. The fourth-order valence-corrected chi connectivity index (χ4v) is 2.72. The van der Waals surface area contributed by atoms with Gasteiger partial charge in [0.1, 0.15) is 0 Å². The van der Waals surface area contributed by atoms with E-state index in [1.807, 2.05) is 43.3 Å². The summed E-state index contributed by atoms with van der Waals surface area (Å²) in [5.41, 5.74) is 4.28. The Kier molecular flexibility index (Phi) is 3.61. The minimum absolute atomic E-state index is 0.155. The second-order valence-corrected chi connectivity index (χ2v) is 5.40. The Morgan fingerprint density at radius 2 is 1.76 bits per heavy atom. The normalized spacial score (nSPS) is 11.0. The maximum Gasteiger partial charge on any atom is 0.182 e. The molecule has 0 spiro atoms. The SMILES string of the molecule is CCc1ccc(C(=O)Cn2c(C)cc3ccccc32)cc1. The molecule has 0 saturated carbocycles. The molecule has 3 rings (SSSR count). The van der Waals surface area contributed by atoms with Gasteiger partial charge >= 0.3 is 0 Å². The lowest BCUT2D eigenvalue weighted by Gasteiger charge is -2.08. The van der Waals surface area contributed by atoms with E-state index in [2.05, 4.69) is 29.7 Å². The number of hydrogen-bond donors (Lipinski definition) is 0. The number of fused-ring (bicyclic) bond motifs is 1. The van der Waals surface area contributed by atoms with Crippen molar-refractivity contribution < 1.29 is 4.79 Å². The molecule has 0 unspecified atom stereocenters. The highest BCUT2D eigenvalue weighted by Gasteiger charge is 2.11. The highest BCUT2D eigenvalue weighted by molar-refractivity contribution is 5.97. The molecular weight excluding hydrogens is 258 g/mol. The minimum atomic E-state index is 0.155. The van der Waals surface area contributed by atoms with Gasteiger partial charge in [0.2, 0.25) is 0 Å². The molecule has 0 aliphatic heterocycles. The molecule has 2 heteroatoms. The molecule has 21 heavy (non-hydrogen) atoms. The fraction of sp³-hybridized carbons (Fsp3) is 0.211. The third-order valence-corrected chi connectivity index (χ3v) is 4.00. The number of aryl methyl sites for hydroxylation is 2. The van der Waals surface area contributed by atoms with Crippen molar-refractivity contribution in [3.63, 3.8) is 0 Å². The summed E-state index contributed by atoms with van der Waals surface area (Å²) in [7, 11) is 0. The number of carbonyl (C=O) groups is 1. The molecule has 0 radical (unpaired) electrons. The Morgan fingerprint density at radius 3 is 2.48 bits per heavy atom. The lowest BCUT2D eigenvalue weighted by molar-refractivity contribution is 0.0973. The molecule has 0 aliphatic carbocycles. The first-order valence-corrected chi connectivity index (χ1v) is 7.36. The molecule has 0 N–H and O–H groups in total. The van der Waals surface area contributed by atoms with Crippen molar-refractivity contribution >= 4 is 16.7 Å². The first-order valence-electron chi connectivity index (χ1n) is 7.36. The highest BCUT2D eigenvalue weighted by Crippen LogP contribution is 2.20. The van der Waals surface area contributed by atoms with Crippen LogP contribution in [-0.4, -0.2) is 10.4 Å². The van der Waals surface area contributed by atoms with Crippen molar-refractivity contribution in [2.24, 2.45) is 0 Å². The summed E-state index contributed by atoms with van der Waals surface area (Å²) in [6.45, 7) is 4.56. The van der Waals surface area contributed by atoms with Crippen LogP contribution in [0.25, 0.3) is 10.9 Å². The molecule has 0 aliphatic rings. The molecule has 2 nitrogen and oxygen atoms in total. The number of rotatable bonds is 4. The van der Waals surface area contributed by atoms with Gasteiger partial charge in [-0.25, -0.2) is 0 Å². The van der Waals surface area contributed by atoms with Crippen LogP contribution in [0, 0.1) is 6.92 Å². The van der Waals surface area contributed by atoms with E-state index in [9.17, 15) is 4.79 Å². The molecule has 0 fully saturated rings. The number of Topliss-reactive ketones (excluding diaryl/α,β-unsaturated/α-hetero) is 1. The molecule has 0 atom stereocenters. The van der Waals surface area contributed by atoms with Gasteiger partial charge in [-0.05, 0) is 36.4 Å². The third-order valence-electron chi connectivity index (χ3n) is 4.00. The molecule has 0 amide bonds. The number of hydrogen-bond acceptors (Lipinski definition) is 1. The number of carbonyl (C=O) groups excluding carboxylic acids is 1. The molecular formula is C19H19NO. The van der Waals surface area contributed by atoms with E-state index in [0.717, 1.165) is 23.2 Å². The van der Waals surface area contributed by atoms with Crippen LogP contribution in [-0.2, 0) is 13.0 Å². The topological polar surface area (TPSA) is 22.0 Å². The Morgan fingerprint density at radius 1 is 1.05 bits per heavy atom. The Labute approximate surface area is 125 Å². The van der Waals surface area contributed by atoms with Crippen molar-refractivity contribution in [3.05, 3.63) is 71.4 Å². The largest absolute Gasteiger partial charge is 0.337 e. The van der Waals surface area contributed by atoms with Crippen LogP contribution in [0.1, 0.15) is 28.5 Å². The van der Waals surface area contributed by atoms with Crippen LogP contribution in [0.2, 0.25) is 0 Å². The zero-order valence-electron chi connectivity index (χ0n) is 12.5. The number of aromatic nitrogens is 1. The van der Waals surface area contributed by atoms with Gasteiger partial charge in [-0.2, -0.15) is 0 Å². The molecule has 1 aromatic heterocycles. The van der Waals surface area contributed by atoms with Gasteiger partial charge in [0, 0.05) is 16.8 Å². The highest BCUT2D eigenvalue weighted by atomic mass is 16.1. The van der Waals surface area contributed by atoms with Crippen molar-refractivity contribution in [1.82, 2.24) is 4.57 Å². The zero-order chi connectivity index (χ0) is 14.8. The van der Waals surface area contributed by atoms with Crippen molar-refractivity contribution in [3.8, 4) is 0 Å². The average Bonchev–Trinajstić information content (AvgIpc) is 2.83. The van der Waals surface area contributed by atoms with E-state index in [4.69, 9.17) is 0 Å². The van der Waals surface area contributed by atoms with E-state index in [0.29, 0.717) is 6.54 Å². The van der Waals surface area contributed by atoms with Crippen LogP contribution < -0.4 is 0 Å². The van der Waals surface area contributed by atoms with Gasteiger partial charge in [0.25, 0.3) is 0 Å². The predicted molar refractivity (Wildman–Crippen MR) is 86.8 cm³/mol. The summed E-state index contributed by atoms with van der Waals surface area (Å²) in [6, 6.07) is 18.3. The van der Waals surface area contributed by atoms with Crippen LogP contribution in [0.3, 0.4) is 0 Å². The van der Waals surface area contributed by atoms with Crippen molar-refractivity contribution in [2.45, 2.75) is 26.8 Å². The third kappa shape index (κ3) is 2.62. The molecule has 2 aromatic carbocycles. The lowest BCUT2D eigenvalue weighted by atomic mass is 10.1. The molecule has 1 heterocycles. The molecule has 106 valence electrons. The van der Waals surface area contributed by atoms with Crippen LogP contribution in [0.4, 0.5) is 0 Å². The quantitative estimate of drug-likeness (QED) is 0.648. The predicted octanol–water partition coefficient (Wildman–Crippen LogP) is 4.40. The average molecular weight is 277 g/mol. The van der Waals surface area contributed by atoms with Gasteiger partial charge in [0.05, 0.1) is 6.54 Å². The van der Waals surface area contributed by atoms with Crippen LogP contribution in [0.15, 0.2) is 54.6 Å². The Hall–Kier alpha value is -2.35. The second kappa shape index (κ2) is 5.57. The molecule has 0 saturated heterocycles. The van der Waals surface area contributed by atoms with Gasteiger partial charge in [-0.15, -0.1) is 0 Å². The number of para-hydroxylation sites is 1. The summed E-state index contributed by atoms with van der Waals surface area (Å²) in [5, 5.41) is 1.18. The van der Waals surface area contributed by atoms with E-state index < -0.39 is 0 Å². The summed E-state index contributed by atoms with van der Waals surface area (Å²) in [4.78, 5) is 12.5. The number of ketones is 1. The van der Waals surface area contributed by atoms with Crippen LogP contribution >= 0.6 is 0 Å². The smallest absolute Gasteiger partial charge is 0.182 e. The maximum absolute atomic E-state index is 12.5. The lowest BCUT2D eigenvalue weighted by Crippen LogP contribution is -2.11. The summed E-state index contributed by atoms with van der Waals surface area (Å²) in [6.07, 6.45) is 0.996. The number of benzene rings is 2. The van der Waals surface area contributed by atoms with E-state index in [-0.39, 0.29) is 5.78 Å². The molecule has 0 bridgehead atoms. The van der Waals surface area contributed by atoms with E-state index in [1.165, 1.54) is 10.9 Å². The van der Waals surface area contributed by atoms with Crippen molar-refractivity contribution in [2.75, 3.05) is 0 Å². The van der Waals surface area contributed by atoms with Gasteiger partial charge in [0.15, 0.2) is 5.78 Å². The summed E-state index contributed by atoms with van der Waals surface area (Å²) < 4.78 is 2.09. The minimum Gasteiger partial charge on any atom is -0.337 e. The monoisotopic (exact) mass is 277 g/mol. The summed E-state index contributed by atoms with van der Waals surface area (Å²) >= 11 is 0. The van der Waals surface area contributed by atoms with Gasteiger partial charge in [-0.3, -0.25) is 4.79 Å². The second-order valence-electron chi connectivity index (χ2n) is 5.40.